The molecule has 0 saturated carbocycles. The Morgan fingerprint density at radius 3 is 2.67 bits per heavy atom. The molecule has 1 unspecified atom stereocenters. The average Bonchev–Trinajstić information content (AvgIpc) is 2.81. The molecule has 0 aromatic carbocycles. The fourth-order valence-corrected chi connectivity index (χ4v) is 2.62. The Kier molecular flexibility index (Phi) is 4.83. The number of methoxy groups -OCH3 is 1. The summed E-state index contributed by atoms with van der Waals surface area (Å²) < 4.78 is 6.78. The number of hydrogen-bond acceptors (Lipinski definition) is 4. The summed E-state index contributed by atoms with van der Waals surface area (Å²) in [5.74, 6) is 0.902. The summed E-state index contributed by atoms with van der Waals surface area (Å²) in [6.45, 7) is 6.04. The van der Waals surface area contributed by atoms with Crippen molar-refractivity contribution in [2.24, 2.45) is 5.92 Å². The number of fused-ring (bicyclic) bond motifs is 1. The smallest absolute Gasteiger partial charge is 0.328 e. The second kappa shape index (κ2) is 6.43. The van der Waals surface area contributed by atoms with E-state index in [0.717, 1.165) is 11.2 Å². The number of imidazole rings is 1. The molecule has 0 aliphatic carbocycles. The van der Waals surface area contributed by atoms with Crippen LogP contribution >= 0.6 is 11.6 Å². The molecule has 0 aliphatic heterocycles. The summed E-state index contributed by atoms with van der Waals surface area (Å²) in [6.07, 6.45) is 0.650. The van der Waals surface area contributed by atoms with Crippen LogP contribution < -0.4 is 0 Å². The van der Waals surface area contributed by atoms with Gasteiger partial charge in [0.2, 0.25) is 0 Å². The highest BCUT2D eigenvalue weighted by atomic mass is 35.5. The SMILES string of the molecule is COC(=O)C(CC(C)C)n1c(CCl)nc2ccc(C)nc21. The van der Waals surface area contributed by atoms with E-state index in [0.29, 0.717) is 23.8 Å². The largest absolute Gasteiger partial charge is 0.467 e. The van der Waals surface area contributed by atoms with E-state index in [1.165, 1.54) is 7.11 Å². The zero-order chi connectivity index (χ0) is 15.6. The number of hydrogen-bond donors (Lipinski definition) is 0. The Hall–Kier alpha value is -1.62. The molecule has 0 fully saturated rings. The molecular formula is C15H20ClN3O2. The predicted molar refractivity (Wildman–Crippen MR) is 82.3 cm³/mol. The fraction of sp³-hybridized carbons (Fsp3) is 0.533. The second-order valence-electron chi connectivity index (χ2n) is 5.50. The van der Waals surface area contributed by atoms with Crippen molar-refractivity contribution in [3.05, 3.63) is 23.7 Å². The van der Waals surface area contributed by atoms with E-state index in [4.69, 9.17) is 16.3 Å². The summed E-state index contributed by atoms with van der Waals surface area (Å²) in [5, 5.41) is 0. The zero-order valence-corrected chi connectivity index (χ0v) is 13.5. The van der Waals surface area contributed by atoms with Gasteiger partial charge < -0.3 is 4.74 Å². The summed E-state index contributed by atoms with van der Waals surface area (Å²) >= 11 is 6.01. The van der Waals surface area contributed by atoms with Gasteiger partial charge in [0.05, 0.1) is 13.0 Å². The number of nitrogens with zero attached hydrogens (tertiary/aromatic N) is 3. The lowest BCUT2D eigenvalue weighted by atomic mass is 10.0. The molecule has 0 radical (unpaired) electrons. The number of alkyl halides is 1. The summed E-state index contributed by atoms with van der Waals surface area (Å²) in [5.41, 5.74) is 2.30. The number of esters is 1. The molecule has 2 heterocycles. The van der Waals surface area contributed by atoms with Crippen LogP contribution in [-0.2, 0) is 15.4 Å². The Labute approximate surface area is 129 Å². The van der Waals surface area contributed by atoms with Gasteiger partial charge in [-0.15, -0.1) is 11.6 Å². The second-order valence-corrected chi connectivity index (χ2v) is 5.76. The topological polar surface area (TPSA) is 57.0 Å². The van der Waals surface area contributed by atoms with Crippen LogP contribution in [0.5, 0.6) is 0 Å². The minimum atomic E-state index is -0.456. The number of rotatable bonds is 5. The monoisotopic (exact) mass is 309 g/mol. The first-order valence-electron chi connectivity index (χ1n) is 6.96. The average molecular weight is 310 g/mol. The van der Waals surface area contributed by atoms with Crippen molar-refractivity contribution in [2.75, 3.05) is 7.11 Å². The lowest BCUT2D eigenvalue weighted by Crippen LogP contribution is -2.24. The molecule has 0 aliphatic rings. The number of pyridine rings is 1. The molecule has 6 heteroatoms. The molecule has 21 heavy (non-hydrogen) atoms. The van der Waals surface area contributed by atoms with Crippen molar-refractivity contribution in [2.45, 2.75) is 39.1 Å². The van der Waals surface area contributed by atoms with Gasteiger partial charge in [0.25, 0.3) is 0 Å². The van der Waals surface area contributed by atoms with Gasteiger partial charge >= 0.3 is 5.97 Å². The van der Waals surface area contributed by atoms with E-state index in [1.54, 1.807) is 0 Å². The van der Waals surface area contributed by atoms with Gasteiger partial charge in [-0.2, -0.15) is 0 Å². The van der Waals surface area contributed by atoms with Crippen LogP contribution in [0.4, 0.5) is 0 Å². The van der Waals surface area contributed by atoms with Gasteiger partial charge in [0.1, 0.15) is 17.4 Å². The first-order valence-corrected chi connectivity index (χ1v) is 7.49. The highest BCUT2D eigenvalue weighted by Gasteiger charge is 2.27. The molecule has 0 spiro atoms. The minimum absolute atomic E-state index is 0.223. The standard InChI is InChI=1S/C15H20ClN3O2/c1-9(2)7-12(15(20)21-4)19-13(8-16)18-11-6-5-10(3)17-14(11)19/h5-6,9,12H,7-8H2,1-4H3. The van der Waals surface area contributed by atoms with Gasteiger partial charge in [-0.05, 0) is 31.4 Å². The Balaban J connectivity index is 2.64. The molecular weight excluding hydrogens is 290 g/mol. The quantitative estimate of drug-likeness (QED) is 0.628. The van der Waals surface area contributed by atoms with Gasteiger partial charge in [0, 0.05) is 5.69 Å². The van der Waals surface area contributed by atoms with Crippen LogP contribution in [0.3, 0.4) is 0 Å². The minimum Gasteiger partial charge on any atom is -0.467 e. The van der Waals surface area contributed by atoms with E-state index < -0.39 is 6.04 Å². The van der Waals surface area contributed by atoms with E-state index in [2.05, 4.69) is 23.8 Å². The lowest BCUT2D eigenvalue weighted by Gasteiger charge is -2.20. The van der Waals surface area contributed by atoms with E-state index in [9.17, 15) is 4.79 Å². The van der Waals surface area contributed by atoms with Crippen molar-refractivity contribution in [1.82, 2.24) is 14.5 Å². The first-order chi connectivity index (χ1) is 9.97. The van der Waals surface area contributed by atoms with Gasteiger partial charge in [-0.3, -0.25) is 4.57 Å². The summed E-state index contributed by atoms with van der Waals surface area (Å²) in [7, 11) is 1.40. The Morgan fingerprint density at radius 1 is 1.38 bits per heavy atom. The van der Waals surface area contributed by atoms with E-state index in [-0.39, 0.29) is 11.8 Å². The molecule has 2 rings (SSSR count). The Morgan fingerprint density at radius 2 is 2.10 bits per heavy atom. The van der Waals surface area contributed by atoms with Crippen molar-refractivity contribution >= 4 is 28.7 Å². The summed E-state index contributed by atoms with van der Waals surface area (Å²) in [6, 6.07) is 3.34. The van der Waals surface area contributed by atoms with Crippen molar-refractivity contribution < 1.29 is 9.53 Å². The van der Waals surface area contributed by atoms with Gasteiger partial charge in [-0.25, -0.2) is 14.8 Å². The third-order valence-electron chi connectivity index (χ3n) is 3.35. The number of aryl methyl sites for hydroxylation is 1. The fourth-order valence-electron chi connectivity index (χ4n) is 2.43. The molecule has 1 atom stereocenters. The molecule has 0 bridgehead atoms. The number of aromatic nitrogens is 3. The van der Waals surface area contributed by atoms with Crippen LogP contribution in [0.1, 0.15) is 37.8 Å². The third kappa shape index (κ3) is 3.18. The van der Waals surface area contributed by atoms with Crippen molar-refractivity contribution in [3.8, 4) is 0 Å². The highest BCUT2D eigenvalue weighted by molar-refractivity contribution is 6.16. The number of carbonyl (C=O) groups excluding carboxylic acids is 1. The highest BCUT2D eigenvalue weighted by Crippen LogP contribution is 2.27. The van der Waals surface area contributed by atoms with Crippen LogP contribution in [0.2, 0.25) is 0 Å². The Bertz CT molecular complexity index is 652. The number of carbonyl (C=O) groups is 1. The molecule has 0 amide bonds. The number of halogens is 1. The molecule has 2 aromatic rings. The normalized spacial score (nSPS) is 12.9. The number of ether oxygens (including phenoxy) is 1. The predicted octanol–water partition coefficient (Wildman–Crippen LogP) is 3.24. The molecule has 114 valence electrons. The molecule has 0 N–H and O–H groups in total. The lowest BCUT2D eigenvalue weighted by molar-refractivity contribution is -0.145. The third-order valence-corrected chi connectivity index (χ3v) is 3.59. The van der Waals surface area contributed by atoms with Crippen LogP contribution in [0.15, 0.2) is 12.1 Å². The van der Waals surface area contributed by atoms with Crippen LogP contribution in [-0.4, -0.2) is 27.6 Å². The van der Waals surface area contributed by atoms with Gasteiger partial charge in [0.15, 0.2) is 5.65 Å². The van der Waals surface area contributed by atoms with Crippen LogP contribution in [0.25, 0.3) is 11.2 Å². The van der Waals surface area contributed by atoms with Crippen molar-refractivity contribution in [1.29, 1.82) is 0 Å². The molecule has 0 saturated heterocycles. The maximum Gasteiger partial charge on any atom is 0.328 e. The zero-order valence-electron chi connectivity index (χ0n) is 12.8. The molecule has 2 aromatic heterocycles. The van der Waals surface area contributed by atoms with E-state index in [1.807, 2.05) is 23.6 Å². The summed E-state index contributed by atoms with van der Waals surface area (Å²) in [4.78, 5) is 21.2. The maximum atomic E-state index is 12.2. The van der Waals surface area contributed by atoms with E-state index >= 15 is 0 Å². The van der Waals surface area contributed by atoms with Crippen LogP contribution in [0, 0.1) is 12.8 Å². The van der Waals surface area contributed by atoms with Crippen molar-refractivity contribution in [3.63, 3.8) is 0 Å². The van der Waals surface area contributed by atoms with Gasteiger partial charge in [-0.1, -0.05) is 13.8 Å². The maximum absolute atomic E-state index is 12.2. The molecule has 5 nitrogen and oxygen atoms in total. The first kappa shape index (κ1) is 15.8.